The van der Waals surface area contributed by atoms with Gasteiger partial charge in [0.15, 0.2) is 0 Å². The van der Waals surface area contributed by atoms with Crippen molar-refractivity contribution in [3.05, 3.63) is 87.2 Å². The average molecular weight is 399 g/mol. The molecular weight excluding hydrogens is 382 g/mol. The molecule has 0 fully saturated rings. The van der Waals surface area contributed by atoms with Crippen molar-refractivity contribution in [2.45, 2.75) is 13.3 Å². The third kappa shape index (κ3) is 3.82. The van der Waals surface area contributed by atoms with Crippen molar-refractivity contribution in [1.29, 1.82) is 5.26 Å². The van der Waals surface area contributed by atoms with Crippen LogP contribution in [0, 0.1) is 11.3 Å². The van der Waals surface area contributed by atoms with Crippen LogP contribution in [-0.2, 0) is 6.42 Å². The zero-order valence-electron chi connectivity index (χ0n) is 15.7. The van der Waals surface area contributed by atoms with Gasteiger partial charge in [-0.1, -0.05) is 43.3 Å². The number of hydrogen-bond acceptors (Lipinski definition) is 6. The molecule has 0 unspecified atom stereocenters. The highest BCUT2D eigenvalue weighted by Gasteiger charge is 2.13. The lowest BCUT2D eigenvalue weighted by Gasteiger charge is -2.07. The highest BCUT2D eigenvalue weighted by molar-refractivity contribution is 7.11. The summed E-state index contributed by atoms with van der Waals surface area (Å²) in [4.78, 5) is 16.9. The fourth-order valence-corrected chi connectivity index (χ4v) is 3.81. The van der Waals surface area contributed by atoms with Crippen LogP contribution in [0.4, 0.5) is 5.69 Å². The Labute approximate surface area is 171 Å². The second-order valence-electron chi connectivity index (χ2n) is 6.35. The highest BCUT2D eigenvalue weighted by atomic mass is 32.1. The number of para-hydroxylation sites is 2. The Morgan fingerprint density at radius 2 is 2.03 bits per heavy atom. The first-order valence-corrected chi connectivity index (χ1v) is 10.0. The number of aryl methyl sites for hydroxylation is 1. The predicted octanol–water partition coefficient (Wildman–Crippen LogP) is 5.46. The summed E-state index contributed by atoms with van der Waals surface area (Å²) in [7, 11) is 0. The van der Waals surface area contributed by atoms with Crippen molar-refractivity contribution in [2.24, 2.45) is 0 Å². The van der Waals surface area contributed by atoms with Crippen LogP contribution in [0.2, 0.25) is 0 Å². The van der Waals surface area contributed by atoms with Crippen molar-refractivity contribution in [3.8, 4) is 17.3 Å². The Kier molecular flexibility index (Phi) is 5.23. The Morgan fingerprint density at radius 3 is 2.86 bits per heavy atom. The third-order valence-corrected chi connectivity index (χ3v) is 5.42. The summed E-state index contributed by atoms with van der Waals surface area (Å²) in [6, 6.07) is 19.2. The number of nitrogens with zero attached hydrogens (tertiary/aromatic N) is 2. The summed E-state index contributed by atoms with van der Waals surface area (Å²) in [5.74, 6) is 0. The number of fused-ring (bicyclic) bond motifs is 1. The standard InChI is InChI=1S/C23H17N3O2S/c1-2-15-7-3-5-9-19(15)25-13-17(12-24)22-26-20(14-29-22)18-11-16-8-4-6-10-21(16)28-23(18)27/h3-11,13-14,25H,2H2,1H3. The topological polar surface area (TPSA) is 78.9 Å². The normalized spacial score (nSPS) is 11.4. The zero-order valence-corrected chi connectivity index (χ0v) is 16.5. The van der Waals surface area contributed by atoms with Crippen LogP contribution in [0.15, 0.2) is 75.4 Å². The van der Waals surface area contributed by atoms with E-state index < -0.39 is 5.63 Å². The minimum absolute atomic E-state index is 0.382. The molecule has 4 rings (SSSR count). The van der Waals surface area contributed by atoms with Gasteiger partial charge < -0.3 is 9.73 Å². The number of anilines is 1. The molecule has 0 saturated carbocycles. The first-order valence-electron chi connectivity index (χ1n) is 9.13. The van der Waals surface area contributed by atoms with Crippen molar-refractivity contribution in [3.63, 3.8) is 0 Å². The van der Waals surface area contributed by atoms with Gasteiger partial charge in [0.05, 0.1) is 11.3 Å². The van der Waals surface area contributed by atoms with Crippen molar-refractivity contribution in [1.82, 2.24) is 4.98 Å². The van der Waals surface area contributed by atoms with E-state index in [1.807, 2.05) is 42.5 Å². The van der Waals surface area contributed by atoms with Crippen LogP contribution in [0.1, 0.15) is 17.5 Å². The Bertz CT molecular complexity index is 1310. The zero-order chi connectivity index (χ0) is 20.2. The molecule has 29 heavy (non-hydrogen) atoms. The molecule has 5 nitrogen and oxygen atoms in total. The van der Waals surface area contributed by atoms with Crippen LogP contribution in [-0.4, -0.2) is 4.98 Å². The molecule has 0 atom stereocenters. The number of nitrogens with one attached hydrogen (secondary N) is 1. The molecule has 0 aliphatic heterocycles. The second-order valence-corrected chi connectivity index (χ2v) is 7.21. The first kappa shape index (κ1) is 18.7. The fraction of sp³-hybridized carbons (Fsp3) is 0.0870. The van der Waals surface area contributed by atoms with Gasteiger partial charge in [0.2, 0.25) is 0 Å². The molecule has 0 bridgehead atoms. The number of allylic oxidation sites excluding steroid dienone is 1. The van der Waals surface area contributed by atoms with E-state index in [2.05, 4.69) is 23.3 Å². The van der Waals surface area contributed by atoms with Crippen LogP contribution < -0.4 is 10.9 Å². The minimum Gasteiger partial charge on any atom is -0.422 e. The maximum absolute atomic E-state index is 12.4. The monoisotopic (exact) mass is 399 g/mol. The van der Waals surface area contributed by atoms with E-state index in [-0.39, 0.29) is 0 Å². The Balaban J connectivity index is 1.66. The van der Waals surface area contributed by atoms with E-state index in [9.17, 15) is 10.1 Å². The number of rotatable bonds is 5. The highest BCUT2D eigenvalue weighted by Crippen LogP contribution is 2.26. The largest absolute Gasteiger partial charge is 0.422 e. The molecule has 0 aliphatic carbocycles. The van der Waals surface area contributed by atoms with Crippen LogP contribution in [0.5, 0.6) is 0 Å². The lowest BCUT2D eigenvalue weighted by atomic mass is 10.1. The number of nitriles is 1. The summed E-state index contributed by atoms with van der Waals surface area (Å²) in [6.45, 7) is 2.08. The van der Waals surface area contributed by atoms with Crippen LogP contribution in [0.3, 0.4) is 0 Å². The summed E-state index contributed by atoms with van der Waals surface area (Å²) < 4.78 is 5.39. The quantitative estimate of drug-likeness (QED) is 0.356. The summed E-state index contributed by atoms with van der Waals surface area (Å²) in [6.07, 6.45) is 2.54. The number of hydrogen-bond donors (Lipinski definition) is 1. The van der Waals surface area contributed by atoms with Gasteiger partial charge in [-0.05, 0) is 30.2 Å². The lowest BCUT2D eigenvalue weighted by Crippen LogP contribution is -2.03. The minimum atomic E-state index is -0.446. The smallest absolute Gasteiger partial charge is 0.345 e. The van der Waals surface area contributed by atoms with Crippen molar-refractivity contribution >= 4 is 33.6 Å². The van der Waals surface area contributed by atoms with Crippen LogP contribution in [0.25, 0.3) is 27.8 Å². The number of thiazole rings is 1. The van der Waals surface area contributed by atoms with Crippen LogP contribution >= 0.6 is 11.3 Å². The van der Waals surface area contributed by atoms with E-state index in [0.29, 0.717) is 27.4 Å². The molecular formula is C23H17N3O2S. The molecule has 0 radical (unpaired) electrons. The van der Waals surface area contributed by atoms with E-state index in [1.54, 1.807) is 23.7 Å². The number of aromatic nitrogens is 1. The maximum Gasteiger partial charge on any atom is 0.345 e. The molecule has 4 aromatic rings. The fourth-order valence-electron chi connectivity index (χ4n) is 3.02. The van der Waals surface area contributed by atoms with E-state index >= 15 is 0 Å². The van der Waals surface area contributed by atoms with Gasteiger partial charge in [-0.2, -0.15) is 5.26 Å². The predicted molar refractivity (Wildman–Crippen MR) is 117 cm³/mol. The second kappa shape index (κ2) is 8.13. The SMILES string of the molecule is CCc1ccccc1NC=C(C#N)c1nc(-c2cc3ccccc3oc2=O)cs1. The first-order chi connectivity index (χ1) is 14.2. The lowest BCUT2D eigenvalue weighted by molar-refractivity contribution is 0.563. The average Bonchev–Trinajstić information content (AvgIpc) is 3.23. The maximum atomic E-state index is 12.4. The van der Waals surface area contributed by atoms with Crippen molar-refractivity contribution < 1.29 is 4.42 Å². The molecule has 142 valence electrons. The Morgan fingerprint density at radius 1 is 1.24 bits per heavy atom. The van der Waals surface area contributed by atoms with E-state index in [1.165, 1.54) is 11.3 Å². The molecule has 0 spiro atoms. The van der Waals surface area contributed by atoms with E-state index in [0.717, 1.165) is 23.1 Å². The van der Waals surface area contributed by atoms with Gasteiger partial charge in [0.25, 0.3) is 0 Å². The molecule has 1 N–H and O–H groups in total. The molecule has 0 aliphatic rings. The van der Waals surface area contributed by atoms with Gasteiger partial charge in [0.1, 0.15) is 22.2 Å². The number of benzene rings is 2. The molecule has 2 heterocycles. The van der Waals surface area contributed by atoms with E-state index in [4.69, 9.17) is 4.42 Å². The van der Waals surface area contributed by atoms with Gasteiger partial charge >= 0.3 is 5.63 Å². The van der Waals surface area contributed by atoms with Gasteiger partial charge in [-0.15, -0.1) is 11.3 Å². The molecule has 0 saturated heterocycles. The third-order valence-electron chi connectivity index (χ3n) is 4.54. The molecule has 0 amide bonds. The van der Waals surface area contributed by atoms with Gasteiger partial charge in [-0.25, -0.2) is 9.78 Å². The Hall–Kier alpha value is -3.69. The molecule has 2 aromatic carbocycles. The molecule has 6 heteroatoms. The molecule has 2 aromatic heterocycles. The summed E-state index contributed by atoms with van der Waals surface area (Å²) in [5, 5.41) is 15.9. The van der Waals surface area contributed by atoms with Crippen molar-refractivity contribution in [2.75, 3.05) is 5.32 Å². The summed E-state index contributed by atoms with van der Waals surface area (Å²) >= 11 is 1.31. The van der Waals surface area contributed by atoms with Gasteiger partial charge in [-0.3, -0.25) is 0 Å². The van der Waals surface area contributed by atoms with Gasteiger partial charge in [0, 0.05) is 22.7 Å². The summed E-state index contributed by atoms with van der Waals surface area (Å²) in [5.41, 5.74) is 3.49.